The van der Waals surface area contributed by atoms with Crippen molar-refractivity contribution in [3.63, 3.8) is 0 Å². The number of hydrogen-bond donors (Lipinski definition) is 0. The van der Waals surface area contributed by atoms with Gasteiger partial charge in [0.2, 0.25) is 0 Å². The fourth-order valence-electron chi connectivity index (χ4n) is 1.58. The fourth-order valence-corrected chi connectivity index (χ4v) is 2.49. The van der Waals surface area contributed by atoms with Gasteiger partial charge in [0.05, 0.1) is 0 Å². The molecule has 1 aromatic carbocycles. The minimum atomic E-state index is -0.136. The molecule has 0 aliphatic rings. The normalized spacial score (nSPS) is 13.1. The van der Waals surface area contributed by atoms with Gasteiger partial charge in [-0.3, -0.25) is 4.90 Å². The first-order chi connectivity index (χ1) is 8.04. The van der Waals surface area contributed by atoms with Crippen LogP contribution in [0.5, 0.6) is 0 Å². The lowest BCUT2D eigenvalue weighted by molar-refractivity contribution is 0.242. The van der Waals surface area contributed by atoms with Crippen LogP contribution >= 0.6 is 27.7 Å². The second kappa shape index (κ2) is 7.39. The van der Waals surface area contributed by atoms with E-state index in [1.165, 1.54) is 6.07 Å². The molecule has 0 heterocycles. The topological polar surface area (TPSA) is 3.24 Å². The monoisotopic (exact) mass is 319 g/mol. The van der Waals surface area contributed by atoms with Crippen LogP contribution in [0, 0.1) is 5.82 Å². The molecule has 1 nitrogen and oxygen atoms in total. The summed E-state index contributed by atoms with van der Waals surface area (Å²) >= 11 is 5.12. The van der Waals surface area contributed by atoms with Crippen LogP contribution in [0.25, 0.3) is 0 Å². The van der Waals surface area contributed by atoms with Crippen LogP contribution in [0.2, 0.25) is 0 Å². The average molecular weight is 320 g/mol. The molecular formula is C13H19BrFNS. The molecule has 0 aromatic heterocycles. The Morgan fingerprint density at radius 3 is 2.76 bits per heavy atom. The van der Waals surface area contributed by atoms with E-state index in [0.29, 0.717) is 12.6 Å². The van der Waals surface area contributed by atoms with Crippen molar-refractivity contribution in [3.8, 4) is 0 Å². The lowest BCUT2D eigenvalue weighted by atomic mass is 10.1. The van der Waals surface area contributed by atoms with Crippen molar-refractivity contribution in [1.29, 1.82) is 0 Å². The summed E-state index contributed by atoms with van der Waals surface area (Å²) in [7, 11) is 2.05. The quantitative estimate of drug-likeness (QED) is 0.774. The maximum atomic E-state index is 13.7. The summed E-state index contributed by atoms with van der Waals surface area (Å²) in [6.07, 6.45) is 3.25. The number of nitrogens with zero attached hydrogens (tertiary/aromatic N) is 1. The van der Waals surface area contributed by atoms with Gasteiger partial charge in [-0.25, -0.2) is 4.39 Å². The molecule has 0 amide bonds. The molecule has 17 heavy (non-hydrogen) atoms. The van der Waals surface area contributed by atoms with Crippen LogP contribution < -0.4 is 0 Å². The highest BCUT2D eigenvalue weighted by molar-refractivity contribution is 9.10. The van der Waals surface area contributed by atoms with E-state index >= 15 is 0 Å². The first kappa shape index (κ1) is 15.0. The Morgan fingerprint density at radius 1 is 1.47 bits per heavy atom. The second-order valence-electron chi connectivity index (χ2n) is 4.28. The Hall–Kier alpha value is -0.0600. The highest BCUT2D eigenvalue weighted by atomic mass is 79.9. The summed E-state index contributed by atoms with van der Waals surface area (Å²) in [5.74, 6) is 1.01. The largest absolute Gasteiger partial charge is 0.299 e. The SMILES string of the molecule is CSCCC(C)N(C)Cc1ccc(Br)cc1F. The van der Waals surface area contributed by atoms with Crippen LogP contribution in [0.4, 0.5) is 4.39 Å². The fraction of sp³-hybridized carbons (Fsp3) is 0.538. The van der Waals surface area contributed by atoms with Gasteiger partial charge in [0, 0.05) is 22.6 Å². The van der Waals surface area contributed by atoms with Crippen molar-refractivity contribution in [1.82, 2.24) is 4.90 Å². The molecule has 0 aliphatic carbocycles. The average Bonchev–Trinajstić information content (AvgIpc) is 2.29. The molecule has 4 heteroatoms. The molecule has 96 valence electrons. The predicted octanol–water partition coefficient (Wildman–Crippen LogP) is 4.16. The van der Waals surface area contributed by atoms with E-state index in [4.69, 9.17) is 0 Å². The highest BCUT2D eigenvalue weighted by Gasteiger charge is 2.11. The van der Waals surface area contributed by atoms with Gasteiger partial charge in [0.1, 0.15) is 5.82 Å². The number of hydrogen-bond acceptors (Lipinski definition) is 2. The Balaban J connectivity index is 2.58. The smallest absolute Gasteiger partial charge is 0.128 e. The zero-order valence-corrected chi connectivity index (χ0v) is 12.9. The van der Waals surface area contributed by atoms with Crippen molar-refractivity contribution < 1.29 is 4.39 Å². The molecule has 1 unspecified atom stereocenters. The first-order valence-electron chi connectivity index (χ1n) is 5.67. The maximum absolute atomic E-state index is 13.7. The van der Waals surface area contributed by atoms with Gasteiger partial charge in [-0.15, -0.1) is 0 Å². The van der Waals surface area contributed by atoms with Crippen LogP contribution in [0.15, 0.2) is 22.7 Å². The van der Waals surface area contributed by atoms with Gasteiger partial charge in [-0.05, 0) is 44.5 Å². The summed E-state index contributed by atoms with van der Waals surface area (Å²) < 4.78 is 14.5. The molecule has 0 radical (unpaired) electrons. The van der Waals surface area contributed by atoms with Crippen molar-refractivity contribution in [2.75, 3.05) is 19.1 Å². The molecule has 0 bridgehead atoms. The van der Waals surface area contributed by atoms with E-state index in [1.54, 1.807) is 0 Å². The Kier molecular flexibility index (Phi) is 6.52. The molecule has 0 saturated heterocycles. The van der Waals surface area contributed by atoms with E-state index in [-0.39, 0.29) is 5.82 Å². The number of thioether (sulfide) groups is 1. The van der Waals surface area contributed by atoms with Gasteiger partial charge in [-0.2, -0.15) is 11.8 Å². The summed E-state index contributed by atoms with van der Waals surface area (Å²) in [5, 5.41) is 0. The van der Waals surface area contributed by atoms with E-state index in [1.807, 2.05) is 30.9 Å². The van der Waals surface area contributed by atoms with E-state index in [0.717, 1.165) is 22.2 Å². The molecular weight excluding hydrogens is 301 g/mol. The van der Waals surface area contributed by atoms with E-state index < -0.39 is 0 Å². The second-order valence-corrected chi connectivity index (χ2v) is 6.18. The van der Waals surface area contributed by atoms with Crippen LogP contribution in [0.1, 0.15) is 18.9 Å². The molecule has 0 N–H and O–H groups in total. The van der Waals surface area contributed by atoms with Gasteiger partial charge >= 0.3 is 0 Å². The third kappa shape index (κ3) is 4.98. The minimum Gasteiger partial charge on any atom is -0.299 e. The lowest BCUT2D eigenvalue weighted by Crippen LogP contribution is -2.29. The van der Waals surface area contributed by atoms with Gasteiger partial charge in [0.15, 0.2) is 0 Å². The molecule has 0 spiro atoms. The first-order valence-corrected chi connectivity index (χ1v) is 7.86. The third-order valence-corrected chi connectivity index (χ3v) is 4.06. The van der Waals surface area contributed by atoms with Crippen molar-refractivity contribution in [3.05, 3.63) is 34.1 Å². The van der Waals surface area contributed by atoms with E-state index in [9.17, 15) is 4.39 Å². The summed E-state index contributed by atoms with van der Waals surface area (Å²) in [4.78, 5) is 2.20. The molecule has 1 aromatic rings. The summed E-state index contributed by atoms with van der Waals surface area (Å²) in [6.45, 7) is 2.85. The van der Waals surface area contributed by atoms with Gasteiger partial charge in [-0.1, -0.05) is 22.0 Å². The van der Waals surface area contributed by atoms with Crippen LogP contribution in [-0.4, -0.2) is 30.0 Å². The molecule has 0 saturated carbocycles. The summed E-state index contributed by atoms with van der Waals surface area (Å²) in [6, 6.07) is 5.73. The number of benzene rings is 1. The van der Waals surface area contributed by atoms with Crippen molar-refractivity contribution in [2.24, 2.45) is 0 Å². The predicted molar refractivity (Wildman–Crippen MR) is 78.0 cm³/mol. The Morgan fingerprint density at radius 2 is 2.18 bits per heavy atom. The van der Waals surface area contributed by atoms with E-state index in [2.05, 4.69) is 34.0 Å². The van der Waals surface area contributed by atoms with Crippen molar-refractivity contribution in [2.45, 2.75) is 25.9 Å². The standard InChI is InChI=1S/C13H19BrFNS/c1-10(6-7-17-3)16(2)9-11-4-5-12(14)8-13(11)15/h4-5,8,10H,6-7,9H2,1-3H3. The minimum absolute atomic E-state index is 0.136. The van der Waals surface area contributed by atoms with Crippen LogP contribution in [0.3, 0.4) is 0 Å². The van der Waals surface area contributed by atoms with Gasteiger partial charge < -0.3 is 0 Å². The number of halogens is 2. The van der Waals surface area contributed by atoms with Crippen molar-refractivity contribution >= 4 is 27.7 Å². The lowest BCUT2D eigenvalue weighted by Gasteiger charge is -2.24. The molecule has 0 fully saturated rings. The zero-order valence-electron chi connectivity index (χ0n) is 10.5. The van der Waals surface area contributed by atoms with Gasteiger partial charge in [0.25, 0.3) is 0 Å². The third-order valence-electron chi connectivity index (χ3n) is 2.93. The highest BCUT2D eigenvalue weighted by Crippen LogP contribution is 2.18. The Labute approximate surface area is 116 Å². The molecule has 1 rings (SSSR count). The van der Waals surface area contributed by atoms with Crippen LogP contribution in [-0.2, 0) is 6.54 Å². The zero-order chi connectivity index (χ0) is 12.8. The molecule has 0 aliphatic heterocycles. The number of rotatable bonds is 6. The maximum Gasteiger partial charge on any atom is 0.128 e. The molecule has 1 atom stereocenters. The summed E-state index contributed by atoms with van der Waals surface area (Å²) in [5.41, 5.74) is 0.756. The Bertz CT molecular complexity index is 359.